The zero-order valence-corrected chi connectivity index (χ0v) is 16.0. The van der Waals surface area contributed by atoms with Crippen LogP contribution in [0, 0.1) is 0 Å². The summed E-state index contributed by atoms with van der Waals surface area (Å²) in [5.41, 5.74) is 1.83. The molecule has 1 atom stereocenters. The Kier molecular flexibility index (Phi) is 6.58. The minimum Gasteiger partial charge on any atom is -0.490 e. The first-order chi connectivity index (χ1) is 12.3. The van der Waals surface area contributed by atoms with Gasteiger partial charge in [-0.2, -0.15) is 0 Å². The highest BCUT2D eigenvalue weighted by atomic mass is 16.5. The number of nitrogens with one attached hydrogen (secondary N) is 2. The average molecular weight is 358 g/mol. The first-order valence-electron chi connectivity index (χ1n) is 8.69. The van der Waals surface area contributed by atoms with Crippen LogP contribution >= 0.6 is 0 Å². The Hall–Kier alpha value is -2.60. The maximum absolute atomic E-state index is 12.2. The van der Waals surface area contributed by atoms with E-state index >= 15 is 0 Å². The summed E-state index contributed by atoms with van der Waals surface area (Å²) in [6, 6.07) is 9.64. The van der Waals surface area contributed by atoms with Gasteiger partial charge in [-0.05, 0) is 24.3 Å². The summed E-state index contributed by atoms with van der Waals surface area (Å²) in [6.07, 6.45) is 1.71. The number of hydrogen-bond acceptors (Lipinski definition) is 4. The molecule has 0 aliphatic rings. The zero-order valence-electron chi connectivity index (χ0n) is 16.0. The van der Waals surface area contributed by atoms with E-state index in [2.05, 4.69) is 17.1 Å². The number of aromatic nitrogens is 1. The standard InChI is InChI=1S/C20H27N3O3/c1-6-11-25-16-9-7-15(8-10-16)13-23(5)14-18(24)21-19-12-17(22-26-19)20(2,3)4/h6-10,12H,1,11,13-14H2,2-5H3,(H,21,24)/p+1. The molecule has 0 radical (unpaired) electrons. The molecule has 1 unspecified atom stereocenters. The molecule has 0 aliphatic heterocycles. The van der Waals surface area contributed by atoms with E-state index in [0.29, 0.717) is 19.0 Å². The molecule has 0 saturated heterocycles. The van der Waals surface area contributed by atoms with E-state index in [1.807, 2.05) is 52.1 Å². The topological polar surface area (TPSA) is 68.8 Å². The molecule has 0 saturated carbocycles. The van der Waals surface area contributed by atoms with Gasteiger partial charge >= 0.3 is 0 Å². The number of likely N-dealkylation sites (N-methyl/N-ethyl adjacent to an activating group) is 1. The third kappa shape index (κ3) is 6.04. The second-order valence-corrected chi connectivity index (χ2v) is 7.43. The summed E-state index contributed by atoms with van der Waals surface area (Å²) in [5.74, 6) is 1.09. The summed E-state index contributed by atoms with van der Waals surface area (Å²) in [4.78, 5) is 13.3. The number of amides is 1. The van der Waals surface area contributed by atoms with E-state index in [0.717, 1.165) is 28.5 Å². The van der Waals surface area contributed by atoms with Gasteiger partial charge in [-0.3, -0.25) is 10.1 Å². The summed E-state index contributed by atoms with van der Waals surface area (Å²) in [6.45, 7) is 11.3. The number of nitrogens with zero attached hydrogens (tertiary/aromatic N) is 1. The van der Waals surface area contributed by atoms with Crippen molar-refractivity contribution in [1.82, 2.24) is 5.16 Å². The summed E-state index contributed by atoms with van der Waals surface area (Å²) < 4.78 is 10.7. The van der Waals surface area contributed by atoms with E-state index in [9.17, 15) is 4.79 Å². The molecule has 0 bridgehead atoms. The van der Waals surface area contributed by atoms with Gasteiger partial charge in [-0.25, -0.2) is 0 Å². The van der Waals surface area contributed by atoms with Crippen LogP contribution in [0.1, 0.15) is 32.0 Å². The van der Waals surface area contributed by atoms with E-state index in [-0.39, 0.29) is 11.3 Å². The number of ether oxygens (including phenoxy) is 1. The number of rotatable bonds is 8. The fraction of sp³-hybridized carbons (Fsp3) is 0.400. The molecule has 2 N–H and O–H groups in total. The predicted octanol–water partition coefficient (Wildman–Crippen LogP) is 2.19. The van der Waals surface area contributed by atoms with Crippen LogP contribution in [0.2, 0.25) is 0 Å². The predicted molar refractivity (Wildman–Crippen MR) is 101 cm³/mol. The number of hydrogen-bond donors (Lipinski definition) is 2. The Bertz CT molecular complexity index is 730. The fourth-order valence-electron chi connectivity index (χ4n) is 2.41. The largest absolute Gasteiger partial charge is 0.490 e. The molecule has 0 fully saturated rings. The number of anilines is 1. The van der Waals surface area contributed by atoms with Crippen LogP contribution in [-0.2, 0) is 16.8 Å². The third-order valence-electron chi connectivity index (χ3n) is 3.80. The van der Waals surface area contributed by atoms with Crippen molar-refractivity contribution >= 4 is 11.8 Å². The average Bonchev–Trinajstić information content (AvgIpc) is 3.02. The van der Waals surface area contributed by atoms with Crippen molar-refractivity contribution in [3.8, 4) is 5.75 Å². The van der Waals surface area contributed by atoms with Crippen molar-refractivity contribution in [3.05, 3.63) is 54.2 Å². The van der Waals surface area contributed by atoms with E-state index in [1.165, 1.54) is 0 Å². The van der Waals surface area contributed by atoms with Gasteiger partial charge < -0.3 is 14.2 Å². The summed E-state index contributed by atoms with van der Waals surface area (Å²) in [5, 5.41) is 6.77. The normalized spacial score (nSPS) is 12.5. The molecule has 140 valence electrons. The van der Waals surface area contributed by atoms with Gasteiger partial charge in [0.05, 0.1) is 12.7 Å². The van der Waals surface area contributed by atoms with Gasteiger partial charge in [-0.1, -0.05) is 38.6 Å². The van der Waals surface area contributed by atoms with Crippen LogP contribution in [0.15, 0.2) is 47.5 Å². The number of quaternary nitrogens is 1. The van der Waals surface area contributed by atoms with E-state index < -0.39 is 0 Å². The summed E-state index contributed by atoms with van der Waals surface area (Å²) >= 11 is 0. The van der Waals surface area contributed by atoms with Crippen molar-refractivity contribution in [2.45, 2.75) is 32.7 Å². The minimum absolute atomic E-state index is 0.106. The molecule has 0 aliphatic carbocycles. The van der Waals surface area contributed by atoms with Crippen molar-refractivity contribution in [3.63, 3.8) is 0 Å². The molecule has 6 heteroatoms. The second kappa shape index (κ2) is 8.67. The zero-order chi connectivity index (χ0) is 19.2. The quantitative estimate of drug-likeness (QED) is 0.710. The Labute approximate surface area is 154 Å². The monoisotopic (exact) mass is 358 g/mol. The molecular weight excluding hydrogens is 330 g/mol. The van der Waals surface area contributed by atoms with Crippen LogP contribution in [0.5, 0.6) is 5.75 Å². The third-order valence-corrected chi connectivity index (χ3v) is 3.80. The lowest BCUT2D eigenvalue weighted by Crippen LogP contribution is -3.08. The lowest BCUT2D eigenvalue weighted by molar-refractivity contribution is -0.885. The Morgan fingerprint density at radius 1 is 1.35 bits per heavy atom. The molecule has 2 aromatic rings. The van der Waals surface area contributed by atoms with E-state index in [1.54, 1.807) is 12.1 Å². The van der Waals surface area contributed by atoms with Gasteiger partial charge in [-0.15, -0.1) is 0 Å². The maximum atomic E-state index is 12.2. The Morgan fingerprint density at radius 2 is 2.04 bits per heavy atom. The van der Waals surface area contributed by atoms with Gasteiger partial charge in [0.25, 0.3) is 5.91 Å². The van der Waals surface area contributed by atoms with Crippen LogP contribution in [0.25, 0.3) is 0 Å². The molecule has 1 aromatic heterocycles. The smallest absolute Gasteiger partial charge is 0.281 e. The van der Waals surface area contributed by atoms with Crippen molar-refractivity contribution in [2.75, 3.05) is 25.5 Å². The molecule has 6 nitrogen and oxygen atoms in total. The van der Waals surface area contributed by atoms with Crippen LogP contribution in [0.4, 0.5) is 5.88 Å². The Balaban J connectivity index is 1.83. The molecule has 1 aromatic carbocycles. The van der Waals surface area contributed by atoms with Gasteiger partial charge in [0.15, 0.2) is 6.54 Å². The number of benzene rings is 1. The summed E-state index contributed by atoms with van der Waals surface area (Å²) in [7, 11) is 1.97. The maximum Gasteiger partial charge on any atom is 0.281 e. The highest BCUT2D eigenvalue weighted by molar-refractivity contribution is 5.90. The lowest BCUT2D eigenvalue weighted by Gasteiger charge is -2.14. The molecule has 2 rings (SSSR count). The second-order valence-electron chi connectivity index (χ2n) is 7.43. The van der Waals surface area contributed by atoms with Gasteiger partial charge in [0.2, 0.25) is 5.88 Å². The van der Waals surface area contributed by atoms with Crippen LogP contribution in [-0.4, -0.2) is 31.3 Å². The van der Waals surface area contributed by atoms with Crippen LogP contribution in [0.3, 0.4) is 0 Å². The van der Waals surface area contributed by atoms with Crippen molar-refractivity contribution in [2.24, 2.45) is 0 Å². The fourth-order valence-corrected chi connectivity index (χ4v) is 2.41. The molecule has 26 heavy (non-hydrogen) atoms. The molecular formula is C20H28N3O3+. The van der Waals surface area contributed by atoms with Gasteiger partial charge in [0, 0.05) is 17.0 Å². The first kappa shape index (κ1) is 19.7. The minimum atomic E-state index is -0.115. The van der Waals surface area contributed by atoms with Crippen LogP contribution < -0.4 is 15.0 Å². The Morgan fingerprint density at radius 3 is 2.62 bits per heavy atom. The van der Waals surface area contributed by atoms with Gasteiger partial charge in [0.1, 0.15) is 18.9 Å². The SMILES string of the molecule is C=CCOc1ccc(C[NH+](C)CC(=O)Nc2cc(C(C)(C)C)no2)cc1. The molecule has 1 heterocycles. The van der Waals surface area contributed by atoms with E-state index in [4.69, 9.17) is 9.26 Å². The molecule has 1 amide bonds. The lowest BCUT2D eigenvalue weighted by atomic mass is 9.92. The first-order valence-corrected chi connectivity index (χ1v) is 8.69. The molecule has 0 spiro atoms. The van der Waals surface area contributed by atoms with Crippen molar-refractivity contribution in [1.29, 1.82) is 0 Å². The highest BCUT2D eigenvalue weighted by Crippen LogP contribution is 2.23. The number of carbonyl (C=O) groups is 1. The highest BCUT2D eigenvalue weighted by Gasteiger charge is 2.20. The van der Waals surface area contributed by atoms with Crippen molar-refractivity contribution < 1.29 is 19.0 Å². The number of carbonyl (C=O) groups excluding carboxylic acids is 1.